The Bertz CT molecular complexity index is 536. The van der Waals surface area contributed by atoms with Crippen molar-refractivity contribution < 1.29 is 4.79 Å². The van der Waals surface area contributed by atoms with Gasteiger partial charge in [-0.15, -0.1) is 22.0 Å². The number of carbonyl (C=O) groups excluding carboxylic acids is 1. The van der Waals surface area contributed by atoms with Crippen LogP contribution in [0.3, 0.4) is 0 Å². The summed E-state index contributed by atoms with van der Waals surface area (Å²) in [5, 5.41) is 7.84. The number of aryl methyl sites for hydroxylation is 1. The van der Waals surface area contributed by atoms with E-state index in [9.17, 15) is 4.79 Å². The largest absolute Gasteiger partial charge is 0.320 e. The highest BCUT2D eigenvalue weighted by Gasteiger charge is 2.04. The topological polar surface area (TPSA) is 47.8 Å². The number of carbonyl (C=O) groups is 1. The maximum absolute atomic E-state index is 11.2. The van der Waals surface area contributed by atoms with Crippen LogP contribution in [0.15, 0.2) is 35.5 Å². The third kappa shape index (κ3) is 2.94. The van der Waals surface area contributed by atoms with Gasteiger partial charge < -0.3 is 4.57 Å². The smallest absolute Gasteiger partial charge is 0.159 e. The van der Waals surface area contributed by atoms with Crippen molar-refractivity contribution in [3.05, 3.63) is 42.0 Å². The summed E-state index contributed by atoms with van der Waals surface area (Å²) in [6.07, 6.45) is 1.68. The molecule has 0 amide bonds. The van der Waals surface area contributed by atoms with Gasteiger partial charge in [0.15, 0.2) is 5.78 Å². The molecule has 1 heterocycles. The third-order valence-electron chi connectivity index (χ3n) is 2.41. The zero-order valence-corrected chi connectivity index (χ0v) is 10.6. The summed E-state index contributed by atoms with van der Waals surface area (Å²) in [5.74, 6) is 1.76. The van der Waals surface area contributed by atoms with Gasteiger partial charge in [0.25, 0.3) is 0 Å². The normalized spacial score (nSPS) is 10.5. The number of ketones is 1. The minimum absolute atomic E-state index is 0.0890. The molecule has 1 aromatic carbocycles. The lowest BCUT2D eigenvalue weighted by atomic mass is 10.2. The molecule has 0 atom stereocenters. The van der Waals surface area contributed by atoms with Gasteiger partial charge in [-0.25, -0.2) is 0 Å². The summed E-state index contributed by atoms with van der Waals surface area (Å²) in [6.45, 7) is 1.58. The molecule has 0 aliphatic carbocycles. The second-order valence-corrected chi connectivity index (χ2v) is 4.78. The van der Waals surface area contributed by atoms with Gasteiger partial charge in [0.2, 0.25) is 0 Å². The molecule has 1 aromatic heterocycles. The quantitative estimate of drug-likeness (QED) is 0.614. The highest BCUT2D eigenvalue weighted by molar-refractivity contribution is 7.98. The first-order valence-electron chi connectivity index (χ1n) is 5.23. The Labute approximate surface area is 104 Å². The van der Waals surface area contributed by atoms with Gasteiger partial charge in [-0.3, -0.25) is 4.79 Å². The van der Waals surface area contributed by atoms with E-state index in [2.05, 4.69) is 10.2 Å². The minimum Gasteiger partial charge on any atom is -0.320 e. The number of nitrogens with zero attached hydrogens (tertiary/aromatic N) is 3. The number of benzene rings is 1. The predicted octanol–water partition coefficient (Wildman–Crippen LogP) is 2.31. The Hall–Kier alpha value is -1.62. The second kappa shape index (κ2) is 5.14. The number of aromatic nitrogens is 3. The molecular weight excluding hydrogens is 234 g/mol. The van der Waals surface area contributed by atoms with Crippen LogP contribution in [0.1, 0.15) is 23.1 Å². The van der Waals surface area contributed by atoms with Crippen molar-refractivity contribution in [1.82, 2.24) is 14.8 Å². The highest BCUT2D eigenvalue weighted by Crippen LogP contribution is 2.22. The molecule has 17 heavy (non-hydrogen) atoms. The van der Waals surface area contributed by atoms with Gasteiger partial charge in [-0.1, -0.05) is 12.1 Å². The molecule has 0 N–H and O–H groups in total. The van der Waals surface area contributed by atoms with Crippen LogP contribution in [0.5, 0.6) is 0 Å². The summed E-state index contributed by atoms with van der Waals surface area (Å²) >= 11 is 1.65. The summed E-state index contributed by atoms with van der Waals surface area (Å²) in [5.41, 5.74) is 0.743. The molecule has 2 aromatic rings. The van der Waals surface area contributed by atoms with Crippen molar-refractivity contribution >= 4 is 17.5 Å². The molecule has 0 saturated carbocycles. The molecule has 0 fully saturated rings. The van der Waals surface area contributed by atoms with E-state index in [-0.39, 0.29) is 5.78 Å². The van der Waals surface area contributed by atoms with Gasteiger partial charge >= 0.3 is 0 Å². The van der Waals surface area contributed by atoms with Gasteiger partial charge in [0.05, 0.1) is 5.75 Å². The van der Waals surface area contributed by atoms with Crippen LogP contribution in [0.4, 0.5) is 0 Å². The molecule has 0 unspecified atom stereocenters. The van der Waals surface area contributed by atoms with Crippen LogP contribution < -0.4 is 0 Å². The zero-order valence-electron chi connectivity index (χ0n) is 9.75. The molecule has 0 aliphatic rings. The fraction of sp³-hybridized carbons (Fsp3) is 0.250. The van der Waals surface area contributed by atoms with Gasteiger partial charge in [-0.2, -0.15) is 0 Å². The Morgan fingerprint density at radius 2 is 2.29 bits per heavy atom. The van der Waals surface area contributed by atoms with Crippen molar-refractivity contribution in [2.75, 3.05) is 0 Å². The lowest BCUT2D eigenvalue weighted by Crippen LogP contribution is -1.95. The summed E-state index contributed by atoms with van der Waals surface area (Å²) in [7, 11) is 1.92. The van der Waals surface area contributed by atoms with Crippen molar-refractivity contribution in [1.29, 1.82) is 0 Å². The van der Waals surface area contributed by atoms with Crippen LogP contribution >= 0.6 is 11.8 Å². The van der Waals surface area contributed by atoms with Crippen LogP contribution in [-0.2, 0) is 12.8 Å². The van der Waals surface area contributed by atoms with Gasteiger partial charge in [0.1, 0.15) is 12.2 Å². The number of hydrogen-bond donors (Lipinski definition) is 0. The lowest BCUT2D eigenvalue weighted by molar-refractivity contribution is 0.101. The van der Waals surface area contributed by atoms with E-state index in [1.54, 1.807) is 25.0 Å². The minimum atomic E-state index is 0.0890. The Balaban J connectivity index is 2.07. The first-order chi connectivity index (χ1) is 8.16. The zero-order chi connectivity index (χ0) is 12.3. The van der Waals surface area contributed by atoms with E-state index < -0.39 is 0 Å². The van der Waals surface area contributed by atoms with Gasteiger partial charge in [0, 0.05) is 17.5 Å². The monoisotopic (exact) mass is 247 g/mol. The Morgan fingerprint density at radius 1 is 1.47 bits per heavy atom. The third-order valence-corrected chi connectivity index (χ3v) is 3.40. The second-order valence-electron chi connectivity index (χ2n) is 3.73. The molecule has 5 heteroatoms. The fourth-order valence-electron chi connectivity index (χ4n) is 1.39. The number of hydrogen-bond acceptors (Lipinski definition) is 4. The fourth-order valence-corrected chi connectivity index (χ4v) is 2.33. The molecule has 0 bridgehead atoms. The van der Waals surface area contributed by atoms with Crippen LogP contribution in [0.25, 0.3) is 0 Å². The number of thioether (sulfide) groups is 1. The summed E-state index contributed by atoms with van der Waals surface area (Å²) in [6, 6.07) is 7.63. The average Bonchev–Trinajstić information content (AvgIpc) is 2.72. The van der Waals surface area contributed by atoms with E-state index in [1.807, 2.05) is 35.9 Å². The molecule has 0 saturated heterocycles. The molecular formula is C12H13N3OS. The summed E-state index contributed by atoms with van der Waals surface area (Å²) < 4.78 is 1.89. The Morgan fingerprint density at radius 3 is 2.94 bits per heavy atom. The van der Waals surface area contributed by atoms with Crippen LogP contribution in [0, 0.1) is 0 Å². The summed E-state index contributed by atoms with van der Waals surface area (Å²) in [4.78, 5) is 12.3. The highest BCUT2D eigenvalue weighted by atomic mass is 32.2. The molecule has 88 valence electrons. The van der Waals surface area contributed by atoms with E-state index in [1.165, 1.54) is 0 Å². The molecule has 2 rings (SSSR count). The van der Waals surface area contributed by atoms with Gasteiger partial charge in [-0.05, 0) is 19.1 Å². The van der Waals surface area contributed by atoms with Crippen LogP contribution in [0.2, 0.25) is 0 Å². The van der Waals surface area contributed by atoms with Crippen molar-refractivity contribution in [3.63, 3.8) is 0 Å². The van der Waals surface area contributed by atoms with Crippen molar-refractivity contribution in [2.45, 2.75) is 17.6 Å². The molecule has 0 radical (unpaired) electrons. The molecule has 4 nitrogen and oxygen atoms in total. The maximum Gasteiger partial charge on any atom is 0.159 e. The average molecular weight is 247 g/mol. The lowest BCUT2D eigenvalue weighted by Gasteiger charge is -2.02. The SMILES string of the molecule is CC(=O)c1cccc(SCc2nncn2C)c1. The maximum atomic E-state index is 11.2. The van der Waals surface area contributed by atoms with Crippen molar-refractivity contribution in [2.24, 2.45) is 7.05 Å². The number of Topliss-reactive ketones (excluding diaryl/α,β-unsaturated/α-hetero) is 1. The Kier molecular flexibility index (Phi) is 3.58. The standard InChI is InChI=1S/C12H13N3OS/c1-9(16)10-4-3-5-11(6-10)17-7-12-14-13-8-15(12)2/h3-6,8H,7H2,1-2H3. The van der Waals surface area contributed by atoms with Crippen molar-refractivity contribution in [3.8, 4) is 0 Å². The molecule has 0 aliphatic heterocycles. The van der Waals surface area contributed by atoms with Crippen LogP contribution in [-0.4, -0.2) is 20.5 Å². The predicted molar refractivity (Wildman–Crippen MR) is 67.0 cm³/mol. The van der Waals surface area contributed by atoms with E-state index >= 15 is 0 Å². The molecule has 0 spiro atoms. The number of rotatable bonds is 4. The van der Waals surface area contributed by atoms with E-state index in [4.69, 9.17) is 0 Å². The first-order valence-corrected chi connectivity index (χ1v) is 6.22. The first kappa shape index (κ1) is 11.9. The van der Waals surface area contributed by atoms with E-state index in [0.29, 0.717) is 0 Å². The van der Waals surface area contributed by atoms with E-state index in [0.717, 1.165) is 22.0 Å².